The van der Waals surface area contributed by atoms with Crippen LogP contribution in [0.4, 0.5) is 0 Å². The van der Waals surface area contributed by atoms with Crippen LogP contribution in [0.15, 0.2) is 24.3 Å². The first-order valence-corrected chi connectivity index (χ1v) is 6.93. The van der Waals surface area contributed by atoms with Crippen molar-refractivity contribution < 1.29 is 13.5 Å². The SMILES string of the molecule is Cc1cccc([C@H](N)[C@@H](CO)S(C)(=O)=O)c1. The minimum Gasteiger partial charge on any atom is -0.395 e. The van der Waals surface area contributed by atoms with Gasteiger partial charge in [-0.25, -0.2) is 8.42 Å². The van der Waals surface area contributed by atoms with E-state index in [0.29, 0.717) is 0 Å². The molecule has 2 atom stereocenters. The largest absolute Gasteiger partial charge is 0.395 e. The predicted octanol–water partition coefficient (Wildman–Crippen LogP) is 0.400. The molecule has 0 bridgehead atoms. The third-order valence-electron chi connectivity index (χ3n) is 2.56. The van der Waals surface area contributed by atoms with Crippen molar-refractivity contribution in [1.29, 1.82) is 0 Å². The van der Waals surface area contributed by atoms with E-state index < -0.39 is 27.7 Å². The van der Waals surface area contributed by atoms with Crippen LogP contribution in [0.5, 0.6) is 0 Å². The van der Waals surface area contributed by atoms with Gasteiger partial charge in [-0.1, -0.05) is 29.8 Å². The summed E-state index contributed by atoms with van der Waals surface area (Å²) < 4.78 is 22.8. The first-order valence-electron chi connectivity index (χ1n) is 4.98. The van der Waals surface area contributed by atoms with Crippen molar-refractivity contribution in [2.75, 3.05) is 12.9 Å². The van der Waals surface area contributed by atoms with Crippen molar-refractivity contribution in [3.05, 3.63) is 35.4 Å². The lowest BCUT2D eigenvalue weighted by molar-refractivity contribution is 0.278. The molecule has 0 radical (unpaired) electrons. The number of sulfone groups is 1. The van der Waals surface area contributed by atoms with Crippen LogP contribution in [0.1, 0.15) is 17.2 Å². The molecule has 0 aliphatic carbocycles. The second kappa shape index (κ2) is 4.95. The van der Waals surface area contributed by atoms with Crippen LogP contribution in [0.2, 0.25) is 0 Å². The number of aliphatic hydroxyl groups is 1. The van der Waals surface area contributed by atoms with Crippen LogP contribution in [-0.2, 0) is 9.84 Å². The number of rotatable bonds is 4. The van der Waals surface area contributed by atoms with Crippen LogP contribution in [0.25, 0.3) is 0 Å². The molecule has 90 valence electrons. The van der Waals surface area contributed by atoms with E-state index >= 15 is 0 Å². The molecule has 0 saturated carbocycles. The molecule has 0 heterocycles. The highest BCUT2D eigenvalue weighted by atomic mass is 32.2. The molecule has 5 heteroatoms. The van der Waals surface area contributed by atoms with Crippen LogP contribution < -0.4 is 5.73 Å². The lowest BCUT2D eigenvalue weighted by atomic mass is 10.0. The van der Waals surface area contributed by atoms with Gasteiger partial charge in [0.1, 0.15) is 5.25 Å². The summed E-state index contributed by atoms with van der Waals surface area (Å²) in [5.74, 6) is 0. The van der Waals surface area contributed by atoms with E-state index in [2.05, 4.69) is 0 Å². The van der Waals surface area contributed by atoms with E-state index in [1.165, 1.54) is 0 Å². The second-order valence-electron chi connectivity index (χ2n) is 3.99. The maximum absolute atomic E-state index is 11.4. The van der Waals surface area contributed by atoms with E-state index in [1.54, 1.807) is 6.07 Å². The number of hydrogen-bond donors (Lipinski definition) is 2. The number of nitrogens with two attached hydrogens (primary N) is 1. The van der Waals surface area contributed by atoms with E-state index in [0.717, 1.165) is 17.4 Å². The molecular formula is C11H17NO3S. The zero-order chi connectivity index (χ0) is 12.3. The summed E-state index contributed by atoms with van der Waals surface area (Å²) in [5.41, 5.74) is 7.60. The van der Waals surface area contributed by atoms with Crippen LogP contribution in [0, 0.1) is 6.92 Å². The zero-order valence-corrected chi connectivity index (χ0v) is 10.2. The molecule has 0 aromatic heterocycles. The van der Waals surface area contributed by atoms with Gasteiger partial charge in [0.25, 0.3) is 0 Å². The van der Waals surface area contributed by atoms with Gasteiger partial charge in [0, 0.05) is 12.3 Å². The molecule has 0 aliphatic heterocycles. The summed E-state index contributed by atoms with van der Waals surface area (Å²) in [6.07, 6.45) is 1.09. The third kappa shape index (κ3) is 3.04. The minimum absolute atomic E-state index is 0.464. The Kier molecular flexibility index (Phi) is 4.07. The molecule has 0 amide bonds. The van der Waals surface area contributed by atoms with Gasteiger partial charge in [-0.05, 0) is 12.5 Å². The normalized spacial score (nSPS) is 15.8. The first-order chi connectivity index (χ1) is 7.36. The first kappa shape index (κ1) is 13.2. The van der Waals surface area contributed by atoms with Gasteiger partial charge in [0.15, 0.2) is 9.84 Å². The van der Waals surface area contributed by atoms with Crippen molar-refractivity contribution >= 4 is 9.84 Å². The highest BCUT2D eigenvalue weighted by molar-refractivity contribution is 7.91. The Hall–Kier alpha value is -0.910. The summed E-state index contributed by atoms with van der Waals surface area (Å²) in [6, 6.07) is 6.63. The van der Waals surface area contributed by atoms with E-state index in [9.17, 15) is 8.42 Å². The number of hydrogen-bond acceptors (Lipinski definition) is 4. The van der Waals surface area contributed by atoms with Gasteiger partial charge in [0.05, 0.1) is 6.61 Å². The van der Waals surface area contributed by atoms with Crippen LogP contribution >= 0.6 is 0 Å². The standard InChI is InChI=1S/C11H17NO3S/c1-8-4-3-5-9(6-8)11(12)10(7-13)16(2,14)15/h3-6,10-11,13H,7,12H2,1-2H3/t10-,11+/m1/s1. The van der Waals surface area contributed by atoms with Gasteiger partial charge < -0.3 is 10.8 Å². The molecule has 0 saturated heterocycles. The molecule has 4 nitrogen and oxygen atoms in total. The van der Waals surface area contributed by atoms with Crippen molar-refractivity contribution in [3.8, 4) is 0 Å². The Balaban J connectivity index is 3.05. The van der Waals surface area contributed by atoms with Crippen LogP contribution in [0.3, 0.4) is 0 Å². The molecule has 3 N–H and O–H groups in total. The number of aliphatic hydroxyl groups excluding tert-OH is 1. The molecule has 0 spiro atoms. The van der Waals surface area contributed by atoms with Gasteiger partial charge in [0.2, 0.25) is 0 Å². The highest BCUT2D eigenvalue weighted by Gasteiger charge is 2.28. The van der Waals surface area contributed by atoms with Crippen LogP contribution in [-0.4, -0.2) is 31.6 Å². The number of aryl methyl sites for hydroxylation is 1. The topological polar surface area (TPSA) is 80.4 Å². The molecule has 1 aromatic carbocycles. The van der Waals surface area contributed by atoms with E-state index in [-0.39, 0.29) is 0 Å². The maximum atomic E-state index is 11.4. The molecule has 0 aliphatic rings. The fourth-order valence-corrected chi connectivity index (χ4v) is 2.57. The zero-order valence-electron chi connectivity index (χ0n) is 9.42. The molecule has 1 aromatic rings. The van der Waals surface area contributed by atoms with Crippen molar-refractivity contribution in [2.45, 2.75) is 18.2 Å². The summed E-state index contributed by atoms with van der Waals surface area (Å²) in [5, 5.41) is 8.15. The highest BCUT2D eigenvalue weighted by Crippen LogP contribution is 2.20. The average Bonchev–Trinajstić information content (AvgIpc) is 2.16. The molecule has 0 fully saturated rings. The Morgan fingerprint density at radius 2 is 2.06 bits per heavy atom. The smallest absolute Gasteiger partial charge is 0.154 e. The van der Waals surface area contributed by atoms with Gasteiger partial charge in [-0.15, -0.1) is 0 Å². The summed E-state index contributed by atoms with van der Waals surface area (Å²) >= 11 is 0. The summed E-state index contributed by atoms with van der Waals surface area (Å²) in [6.45, 7) is 1.44. The minimum atomic E-state index is -3.35. The van der Waals surface area contributed by atoms with Gasteiger partial charge in [-0.3, -0.25) is 0 Å². The Bertz CT molecular complexity index is 456. The van der Waals surface area contributed by atoms with E-state index in [4.69, 9.17) is 10.8 Å². The Labute approximate surface area is 96.0 Å². The Morgan fingerprint density at radius 3 is 2.50 bits per heavy atom. The van der Waals surface area contributed by atoms with Crippen molar-refractivity contribution in [2.24, 2.45) is 5.73 Å². The van der Waals surface area contributed by atoms with Crippen molar-refractivity contribution in [3.63, 3.8) is 0 Å². The summed E-state index contributed by atoms with van der Waals surface area (Å²) in [4.78, 5) is 0. The molecule has 16 heavy (non-hydrogen) atoms. The molecular weight excluding hydrogens is 226 g/mol. The summed E-state index contributed by atoms with van der Waals surface area (Å²) in [7, 11) is -3.35. The maximum Gasteiger partial charge on any atom is 0.154 e. The fourth-order valence-electron chi connectivity index (χ4n) is 1.61. The molecule has 1 rings (SSSR count). The van der Waals surface area contributed by atoms with Gasteiger partial charge in [-0.2, -0.15) is 0 Å². The predicted molar refractivity (Wildman–Crippen MR) is 63.8 cm³/mol. The average molecular weight is 243 g/mol. The molecule has 0 unspecified atom stereocenters. The second-order valence-corrected chi connectivity index (χ2v) is 6.26. The monoisotopic (exact) mass is 243 g/mol. The van der Waals surface area contributed by atoms with Gasteiger partial charge >= 0.3 is 0 Å². The fraction of sp³-hybridized carbons (Fsp3) is 0.455. The third-order valence-corrected chi connectivity index (χ3v) is 4.10. The quantitative estimate of drug-likeness (QED) is 0.802. The lowest BCUT2D eigenvalue weighted by Gasteiger charge is -2.20. The Morgan fingerprint density at radius 1 is 1.44 bits per heavy atom. The van der Waals surface area contributed by atoms with Crippen molar-refractivity contribution in [1.82, 2.24) is 0 Å². The lowest BCUT2D eigenvalue weighted by Crippen LogP contribution is -2.36. The number of benzene rings is 1. The van der Waals surface area contributed by atoms with E-state index in [1.807, 2.05) is 25.1 Å².